The molecular weight excluding hydrogens is 877 g/mol. The molecule has 1 aliphatic carbocycles. The van der Waals surface area contributed by atoms with Gasteiger partial charge in [-0.2, -0.15) is 25.3 Å². The Kier molecular flexibility index (Phi) is 10.8. The molecule has 7 rings (SSSR count). The highest BCUT2D eigenvalue weighted by atomic mass is 32.2. The van der Waals surface area contributed by atoms with Crippen molar-refractivity contribution < 1.29 is 67.8 Å². The molecule has 0 aromatic heterocycles. The van der Waals surface area contributed by atoms with Crippen LogP contribution in [-0.2, 0) is 66.1 Å². The Morgan fingerprint density at radius 1 is 0.459 bits per heavy atom. The van der Waals surface area contributed by atoms with E-state index >= 15 is 0 Å². The number of benzene rings is 6. The predicted molar refractivity (Wildman–Crippen MR) is 222 cm³/mol. The number of hydrogen-bond donors (Lipinski definition) is 8. The van der Waals surface area contributed by atoms with Crippen LogP contribution in [0.2, 0.25) is 0 Å². The second-order valence-electron chi connectivity index (χ2n) is 14.7. The van der Waals surface area contributed by atoms with Crippen molar-refractivity contribution in [1.82, 2.24) is 0 Å². The smallest absolute Gasteiger partial charge is 0.294 e. The van der Waals surface area contributed by atoms with Gasteiger partial charge in [0.25, 0.3) is 40.4 Å². The van der Waals surface area contributed by atoms with Gasteiger partial charge in [-0.1, -0.05) is 24.3 Å². The monoisotopic (exact) mass is 912 g/mol. The first-order chi connectivity index (χ1) is 28.3. The van der Waals surface area contributed by atoms with Gasteiger partial charge < -0.3 is 25.3 Å². The first kappa shape index (κ1) is 43.2. The summed E-state index contributed by atoms with van der Waals surface area (Å²) in [6.45, 7) is 0. The Morgan fingerprint density at radius 2 is 0.770 bits per heavy atom. The van der Waals surface area contributed by atoms with E-state index in [1.807, 2.05) is 0 Å². The van der Waals surface area contributed by atoms with Crippen LogP contribution in [0, 0.1) is 0 Å². The summed E-state index contributed by atoms with van der Waals surface area (Å²) in [5.41, 5.74) is -1.60. The molecule has 320 valence electrons. The van der Waals surface area contributed by atoms with Crippen molar-refractivity contribution in [2.45, 2.75) is 45.3 Å². The normalized spacial score (nSPS) is 13.5. The summed E-state index contributed by atoms with van der Waals surface area (Å²) in [5, 5.41) is 47.4. The SMILES string of the molecule is CN(C)c1cccc2c(S(=O)(=O)Nc3cc4c(O)c(c3)Cc3cc(S(=O)(=O)O)cc(c3O)Cc3cc(S(=O)(=O)O)cc(c3O)Cc3cc(S(=O)(=O)O)cc(c3O)C4)cccc12. The lowest BCUT2D eigenvalue weighted by molar-refractivity contribution is 0.449. The minimum Gasteiger partial charge on any atom is -0.507 e. The van der Waals surface area contributed by atoms with Crippen LogP contribution >= 0.6 is 0 Å². The molecule has 0 fully saturated rings. The predicted octanol–water partition coefficient (Wildman–Crippen LogP) is 4.95. The Bertz CT molecular complexity index is 3160. The van der Waals surface area contributed by atoms with E-state index in [0.717, 1.165) is 42.1 Å². The number of phenols is 4. The molecule has 8 bridgehead atoms. The van der Waals surface area contributed by atoms with Gasteiger partial charge in [0.05, 0.1) is 19.6 Å². The van der Waals surface area contributed by atoms with Crippen LogP contribution in [0.5, 0.6) is 23.0 Å². The van der Waals surface area contributed by atoms with E-state index < -0.39 is 104 Å². The lowest BCUT2D eigenvalue weighted by Crippen LogP contribution is -2.15. The molecule has 21 heteroatoms. The Morgan fingerprint density at radius 3 is 1.10 bits per heavy atom. The number of phenolic OH excluding ortho intramolecular Hbond substituents is 4. The minimum atomic E-state index is -5.03. The lowest BCUT2D eigenvalue weighted by atomic mass is 9.91. The summed E-state index contributed by atoms with van der Waals surface area (Å²) in [6.07, 6.45) is -2.49. The summed E-state index contributed by atoms with van der Waals surface area (Å²) in [4.78, 5) is -0.633. The molecule has 0 spiro atoms. The van der Waals surface area contributed by atoms with Crippen molar-refractivity contribution in [1.29, 1.82) is 0 Å². The maximum Gasteiger partial charge on any atom is 0.294 e. The Labute approximate surface area is 350 Å². The Hall–Kier alpha value is -5.94. The van der Waals surface area contributed by atoms with Gasteiger partial charge in [0.2, 0.25) is 0 Å². The third-order valence-corrected chi connectivity index (χ3v) is 14.2. The fraction of sp³-hybridized carbons (Fsp3) is 0.150. The highest BCUT2D eigenvalue weighted by Crippen LogP contribution is 2.41. The van der Waals surface area contributed by atoms with Gasteiger partial charge in [0.15, 0.2) is 0 Å². The van der Waals surface area contributed by atoms with Gasteiger partial charge in [-0.15, -0.1) is 0 Å². The molecule has 8 N–H and O–H groups in total. The summed E-state index contributed by atoms with van der Waals surface area (Å²) >= 11 is 0. The minimum absolute atomic E-state index is 0.130. The summed E-state index contributed by atoms with van der Waals surface area (Å²) in [7, 11) is -16.0. The first-order valence-electron chi connectivity index (χ1n) is 17.8. The molecule has 0 aliphatic heterocycles. The average Bonchev–Trinajstić information content (AvgIpc) is 3.15. The van der Waals surface area contributed by atoms with Gasteiger partial charge >= 0.3 is 0 Å². The van der Waals surface area contributed by atoms with Crippen molar-refractivity contribution in [2.24, 2.45) is 0 Å². The number of rotatable bonds is 7. The van der Waals surface area contributed by atoms with Crippen molar-refractivity contribution in [3.05, 3.63) is 129 Å². The largest absolute Gasteiger partial charge is 0.507 e. The molecule has 17 nitrogen and oxygen atoms in total. The van der Waals surface area contributed by atoms with Gasteiger partial charge in [-0.25, -0.2) is 8.42 Å². The second kappa shape index (κ2) is 15.2. The zero-order valence-corrected chi connectivity index (χ0v) is 35.2. The van der Waals surface area contributed by atoms with E-state index in [9.17, 15) is 67.8 Å². The van der Waals surface area contributed by atoms with E-state index in [1.54, 1.807) is 49.3 Å². The van der Waals surface area contributed by atoms with Crippen LogP contribution < -0.4 is 9.62 Å². The summed E-state index contributed by atoms with van der Waals surface area (Å²) in [5.74, 6) is -2.54. The molecular formula is C40H36N2O15S4. The highest BCUT2D eigenvalue weighted by molar-refractivity contribution is 7.93. The van der Waals surface area contributed by atoms with Gasteiger partial charge in [-0.3, -0.25) is 18.4 Å². The number of anilines is 2. The third kappa shape index (κ3) is 8.53. The molecule has 61 heavy (non-hydrogen) atoms. The topological polar surface area (TPSA) is 293 Å². The molecule has 0 heterocycles. The first-order valence-corrected chi connectivity index (χ1v) is 23.7. The maximum atomic E-state index is 14.2. The number of nitrogens with zero attached hydrogens (tertiary/aromatic N) is 1. The van der Waals surface area contributed by atoms with Crippen molar-refractivity contribution in [3.63, 3.8) is 0 Å². The number of fused-ring (bicyclic) bond motifs is 9. The molecule has 0 saturated carbocycles. The number of aromatic hydroxyl groups is 4. The van der Waals surface area contributed by atoms with E-state index in [1.165, 1.54) is 18.2 Å². The number of hydrogen-bond acceptors (Lipinski definition) is 13. The fourth-order valence-electron chi connectivity index (χ4n) is 7.45. The lowest BCUT2D eigenvalue weighted by Gasteiger charge is -2.20. The van der Waals surface area contributed by atoms with Crippen LogP contribution in [-0.4, -0.2) is 81.9 Å². The van der Waals surface area contributed by atoms with E-state index in [-0.39, 0.29) is 55.1 Å². The quantitative estimate of drug-likeness (QED) is 0.0776. The number of nitrogens with one attached hydrogen (secondary N) is 1. The van der Waals surface area contributed by atoms with Crippen LogP contribution in [0.15, 0.2) is 105 Å². The molecule has 0 atom stereocenters. The Balaban J connectivity index is 1.50. The third-order valence-electron chi connectivity index (χ3n) is 10.3. The molecule has 0 saturated heterocycles. The van der Waals surface area contributed by atoms with Gasteiger partial charge in [0.1, 0.15) is 23.0 Å². The van der Waals surface area contributed by atoms with Crippen LogP contribution in [0.4, 0.5) is 11.4 Å². The van der Waals surface area contributed by atoms with Gasteiger partial charge in [0, 0.05) is 106 Å². The molecule has 6 aromatic rings. The molecule has 0 unspecified atom stereocenters. The fourth-order valence-corrected chi connectivity index (χ4v) is 10.5. The molecule has 6 aromatic carbocycles. The van der Waals surface area contributed by atoms with Crippen LogP contribution in [0.1, 0.15) is 44.5 Å². The van der Waals surface area contributed by atoms with Crippen molar-refractivity contribution >= 4 is 62.5 Å². The summed E-state index contributed by atoms with van der Waals surface area (Å²) < 4.78 is 136. The number of sulfonamides is 1. The van der Waals surface area contributed by atoms with Crippen molar-refractivity contribution in [2.75, 3.05) is 23.7 Å². The zero-order valence-electron chi connectivity index (χ0n) is 31.9. The zero-order chi connectivity index (χ0) is 44.6. The van der Waals surface area contributed by atoms with E-state index in [2.05, 4.69) is 4.72 Å². The molecule has 0 radical (unpaired) electrons. The second-order valence-corrected chi connectivity index (χ2v) is 20.6. The molecule has 1 aliphatic rings. The van der Waals surface area contributed by atoms with Crippen LogP contribution in [0.3, 0.4) is 0 Å². The average molecular weight is 913 g/mol. The van der Waals surface area contributed by atoms with E-state index in [4.69, 9.17) is 0 Å². The van der Waals surface area contributed by atoms with Crippen LogP contribution in [0.25, 0.3) is 10.8 Å². The summed E-state index contributed by atoms with van der Waals surface area (Å²) in [6, 6.07) is 17.2. The molecule has 0 amide bonds. The van der Waals surface area contributed by atoms with Gasteiger partial charge in [-0.05, 0) is 60.7 Å². The standard InChI is InChI=1S/C40H36N2O15S4/c1-42(2)35-7-3-6-34-33(35)5-4-8-36(34)58(47,48)41-29-13-21-9-23-15-30(59(49,50)51)17-25(38(23)44)11-27-19-32(61(55,56)57)20-28(40(27)46)12-26-18-31(60(52,53)54)16-24(39(26)45)10-22(14-29)37(21)43/h3-8,13-20,41,43-46H,9-12H2,1-2H3,(H,49,50,51)(H,52,53,54)(H,55,56,57). The maximum absolute atomic E-state index is 14.2. The highest BCUT2D eigenvalue weighted by Gasteiger charge is 2.27. The van der Waals surface area contributed by atoms with E-state index in [0.29, 0.717) is 10.8 Å². The van der Waals surface area contributed by atoms with Crippen molar-refractivity contribution in [3.8, 4) is 23.0 Å².